The first-order valence-electron chi connectivity index (χ1n) is 9.07. The van der Waals surface area contributed by atoms with Crippen LogP contribution in [0.5, 0.6) is 0 Å². The van der Waals surface area contributed by atoms with E-state index in [0.717, 1.165) is 11.8 Å². The lowest BCUT2D eigenvalue weighted by molar-refractivity contribution is 0.286. The van der Waals surface area contributed by atoms with Gasteiger partial charge in [0.05, 0.1) is 9.49 Å². The van der Waals surface area contributed by atoms with Crippen LogP contribution in [0.15, 0.2) is 24.3 Å². The summed E-state index contributed by atoms with van der Waals surface area (Å²) >= 11 is 0. The van der Waals surface area contributed by atoms with Gasteiger partial charge in [-0.3, -0.25) is 0 Å². The fourth-order valence-corrected chi connectivity index (χ4v) is 13.8. The van der Waals surface area contributed by atoms with Crippen LogP contribution in [-0.4, -0.2) is 9.49 Å². The molecule has 0 aromatic heterocycles. The lowest BCUT2D eigenvalue weighted by atomic mass is 9.81. The lowest BCUT2D eigenvalue weighted by Gasteiger charge is -2.41. The molecule has 4 bridgehead atoms. The van der Waals surface area contributed by atoms with Gasteiger partial charge >= 0.3 is 0 Å². The second-order valence-corrected chi connectivity index (χ2v) is 13.9. The summed E-state index contributed by atoms with van der Waals surface area (Å²) in [6.45, 7) is 18.9. The third-order valence-corrected chi connectivity index (χ3v) is 14.4. The van der Waals surface area contributed by atoms with Crippen molar-refractivity contribution in [3.63, 3.8) is 0 Å². The van der Waals surface area contributed by atoms with E-state index < -0.39 is 0 Å². The molecule has 4 unspecified atom stereocenters. The van der Waals surface area contributed by atoms with E-state index in [1.54, 1.807) is 0 Å². The molecule has 0 amide bonds. The van der Waals surface area contributed by atoms with Gasteiger partial charge in [0.2, 0.25) is 0 Å². The zero-order valence-electron chi connectivity index (χ0n) is 15.0. The summed E-state index contributed by atoms with van der Waals surface area (Å²) in [5.74, 6) is 1.72. The minimum Gasteiger partial charge on any atom is -0.0984 e. The average Bonchev–Trinajstić information content (AvgIpc) is 3.00. The van der Waals surface area contributed by atoms with Crippen molar-refractivity contribution >= 4 is 31.4 Å². The number of fused-ring (bicyclic) bond motifs is 4. The van der Waals surface area contributed by atoms with Gasteiger partial charge in [-0.2, -0.15) is 0 Å². The Labute approximate surface area is 153 Å². The van der Waals surface area contributed by atoms with E-state index in [1.807, 2.05) is 0 Å². The Kier molecular flexibility index (Phi) is 3.72. The van der Waals surface area contributed by atoms with Gasteiger partial charge in [0.15, 0.2) is 0 Å². The van der Waals surface area contributed by atoms with Crippen molar-refractivity contribution < 1.29 is 0 Å². The standard InChI is InChI=1S/C20H30S3/c1-13-11-15-7-9-19(13,17(15,3)4)21-23-22-20-10-8-16(12-14(20)2)18(20,5)6/h15-16H,1-2,7-12H2,3-6H3. The van der Waals surface area contributed by atoms with E-state index in [9.17, 15) is 0 Å². The normalized spacial score (nSPS) is 46.1. The Morgan fingerprint density at radius 2 is 1.17 bits per heavy atom. The van der Waals surface area contributed by atoms with Crippen molar-refractivity contribution in [1.82, 2.24) is 0 Å². The van der Waals surface area contributed by atoms with E-state index in [-0.39, 0.29) is 0 Å². The Morgan fingerprint density at radius 3 is 1.43 bits per heavy atom. The quantitative estimate of drug-likeness (QED) is 0.379. The molecular formula is C20H30S3. The van der Waals surface area contributed by atoms with Crippen LogP contribution in [-0.2, 0) is 0 Å². The molecule has 0 saturated heterocycles. The highest BCUT2D eigenvalue weighted by Crippen LogP contribution is 2.75. The lowest BCUT2D eigenvalue weighted by Crippen LogP contribution is -2.35. The predicted octanol–water partition coefficient (Wildman–Crippen LogP) is 7.29. The fraction of sp³-hybridized carbons (Fsp3) is 0.800. The van der Waals surface area contributed by atoms with Crippen molar-refractivity contribution in [3.05, 3.63) is 24.3 Å². The van der Waals surface area contributed by atoms with Crippen molar-refractivity contribution in [3.8, 4) is 0 Å². The van der Waals surface area contributed by atoms with Crippen LogP contribution in [0.4, 0.5) is 0 Å². The molecule has 0 nitrogen and oxygen atoms in total. The van der Waals surface area contributed by atoms with Crippen molar-refractivity contribution in [2.75, 3.05) is 0 Å². The molecule has 128 valence electrons. The van der Waals surface area contributed by atoms with E-state index in [1.165, 1.54) is 49.7 Å². The highest BCUT2D eigenvalue weighted by molar-refractivity contribution is 9.09. The fourth-order valence-electron chi connectivity index (χ4n) is 6.23. The van der Waals surface area contributed by atoms with E-state index >= 15 is 0 Å². The van der Waals surface area contributed by atoms with Crippen LogP contribution < -0.4 is 0 Å². The summed E-state index contributed by atoms with van der Waals surface area (Å²) < 4.78 is 0.627. The monoisotopic (exact) mass is 366 g/mol. The van der Waals surface area contributed by atoms with Gasteiger partial charge in [0, 0.05) is 0 Å². The maximum Gasteiger partial charge on any atom is 0.0531 e. The zero-order valence-corrected chi connectivity index (χ0v) is 17.5. The Morgan fingerprint density at radius 1 is 0.783 bits per heavy atom. The molecular weight excluding hydrogens is 336 g/mol. The minimum atomic E-state index is 0.314. The zero-order chi connectivity index (χ0) is 16.7. The molecule has 3 heteroatoms. The van der Waals surface area contributed by atoms with Crippen molar-refractivity contribution in [2.24, 2.45) is 22.7 Å². The molecule has 0 aromatic rings. The van der Waals surface area contributed by atoms with Gasteiger partial charge in [-0.15, -0.1) is 0 Å². The van der Waals surface area contributed by atoms with Gasteiger partial charge < -0.3 is 0 Å². The third kappa shape index (κ3) is 1.91. The van der Waals surface area contributed by atoms with Gasteiger partial charge in [-0.05, 0) is 71.0 Å². The SMILES string of the molecule is C=C1CC2CCC1(SSSC13CCC(CC1=C)C3(C)C)C2(C)C. The average molecular weight is 367 g/mol. The molecule has 0 heterocycles. The van der Waals surface area contributed by atoms with Gasteiger partial charge in [-0.1, -0.05) is 73.6 Å². The molecule has 0 radical (unpaired) electrons. The van der Waals surface area contributed by atoms with E-state index in [2.05, 4.69) is 72.3 Å². The highest BCUT2D eigenvalue weighted by atomic mass is 33.5. The molecule has 4 aliphatic rings. The Bertz CT molecular complexity index is 525. The van der Waals surface area contributed by atoms with Crippen molar-refractivity contribution in [2.45, 2.75) is 75.7 Å². The van der Waals surface area contributed by atoms with Crippen LogP contribution in [0, 0.1) is 22.7 Å². The molecule has 0 aromatic carbocycles. The third-order valence-electron chi connectivity index (χ3n) is 8.29. The predicted molar refractivity (Wildman–Crippen MR) is 109 cm³/mol. The number of hydrogen-bond acceptors (Lipinski definition) is 3. The molecule has 4 saturated carbocycles. The molecule has 4 aliphatic carbocycles. The molecule has 4 fully saturated rings. The molecule has 4 atom stereocenters. The second kappa shape index (κ2) is 5.04. The number of rotatable bonds is 4. The molecule has 0 N–H and O–H groups in total. The minimum absolute atomic E-state index is 0.314. The van der Waals surface area contributed by atoms with Crippen LogP contribution in [0.1, 0.15) is 66.2 Å². The summed E-state index contributed by atoms with van der Waals surface area (Å²) in [5.41, 5.74) is 3.87. The second-order valence-electron chi connectivity index (χ2n) is 9.42. The largest absolute Gasteiger partial charge is 0.0984 e. The summed E-state index contributed by atoms with van der Waals surface area (Å²) in [6, 6.07) is 0. The Hall–Kier alpha value is 0.530. The number of hydrogen-bond donors (Lipinski definition) is 0. The maximum absolute atomic E-state index is 4.48. The first kappa shape index (κ1) is 17.0. The van der Waals surface area contributed by atoms with E-state index in [0.29, 0.717) is 20.3 Å². The van der Waals surface area contributed by atoms with Crippen LogP contribution in [0.25, 0.3) is 0 Å². The first-order valence-corrected chi connectivity index (χ1v) is 12.6. The van der Waals surface area contributed by atoms with Gasteiger partial charge in [-0.25, -0.2) is 0 Å². The summed E-state index contributed by atoms with van der Waals surface area (Å²) in [5, 5.41) is 0. The summed E-state index contributed by atoms with van der Waals surface area (Å²) in [4.78, 5) is 0. The van der Waals surface area contributed by atoms with Crippen LogP contribution in [0.3, 0.4) is 0 Å². The molecule has 23 heavy (non-hydrogen) atoms. The first-order chi connectivity index (χ1) is 10.7. The highest BCUT2D eigenvalue weighted by Gasteiger charge is 2.64. The molecule has 0 aliphatic heterocycles. The van der Waals surface area contributed by atoms with Crippen LogP contribution >= 0.6 is 31.4 Å². The summed E-state index contributed by atoms with van der Waals surface area (Å²) in [6.07, 6.45) is 7.99. The van der Waals surface area contributed by atoms with Crippen molar-refractivity contribution in [1.29, 1.82) is 0 Å². The van der Waals surface area contributed by atoms with E-state index in [4.69, 9.17) is 0 Å². The van der Waals surface area contributed by atoms with Gasteiger partial charge in [0.1, 0.15) is 0 Å². The molecule has 4 rings (SSSR count). The van der Waals surface area contributed by atoms with Gasteiger partial charge in [0.25, 0.3) is 0 Å². The Balaban J connectivity index is 1.51. The van der Waals surface area contributed by atoms with Crippen LogP contribution in [0.2, 0.25) is 0 Å². The summed E-state index contributed by atoms with van der Waals surface area (Å²) in [7, 11) is 6.37. The molecule has 0 spiro atoms. The maximum atomic E-state index is 4.48. The topological polar surface area (TPSA) is 0 Å². The smallest absolute Gasteiger partial charge is 0.0531 e.